The minimum atomic E-state index is -0.501. The van der Waals surface area contributed by atoms with E-state index in [9.17, 15) is 4.79 Å². The summed E-state index contributed by atoms with van der Waals surface area (Å²) in [6.07, 6.45) is 2.57. The van der Waals surface area contributed by atoms with Crippen LogP contribution < -0.4 is 4.74 Å². The van der Waals surface area contributed by atoms with Gasteiger partial charge < -0.3 is 9.47 Å². The average molecular weight is 308 g/mol. The predicted octanol–water partition coefficient (Wildman–Crippen LogP) is 3.65. The van der Waals surface area contributed by atoms with Crippen molar-refractivity contribution in [1.82, 2.24) is 9.78 Å². The summed E-state index contributed by atoms with van der Waals surface area (Å²) in [6.45, 7) is 0.714. The van der Waals surface area contributed by atoms with Crippen LogP contribution in [-0.4, -0.2) is 15.9 Å². The molecule has 0 saturated heterocycles. The molecule has 1 aromatic heterocycles. The highest BCUT2D eigenvalue weighted by molar-refractivity contribution is 5.69. The van der Waals surface area contributed by atoms with Crippen molar-refractivity contribution in [3.8, 4) is 5.75 Å². The molecule has 0 saturated carbocycles. The summed E-state index contributed by atoms with van der Waals surface area (Å²) in [5.41, 5.74) is 2.00. The fraction of sp³-hybridized carbons (Fsp3) is 0.111. The molecule has 0 N–H and O–H groups in total. The summed E-state index contributed by atoms with van der Waals surface area (Å²) in [5, 5.41) is 3.82. The first-order valence-electron chi connectivity index (χ1n) is 7.24. The molecule has 0 atom stereocenters. The Hall–Kier alpha value is -3.08. The summed E-state index contributed by atoms with van der Waals surface area (Å²) in [6, 6.07) is 19.1. The van der Waals surface area contributed by atoms with E-state index in [0.717, 1.165) is 21.6 Å². The number of ether oxygens (including phenoxy) is 2. The highest BCUT2D eigenvalue weighted by Crippen LogP contribution is 2.15. The van der Waals surface area contributed by atoms with Crippen LogP contribution in [0.4, 0.5) is 4.79 Å². The number of benzene rings is 2. The molecule has 1 heterocycles. The fourth-order valence-corrected chi connectivity index (χ4v) is 2.01. The summed E-state index contributed by atoms with van der Waals surface area (Å²) in [7, 11) is 0. The molecule has 0 amide bonds. The quantitative estimate of drug-likeness (QED) is 0.722. The van der Waals surface area contributed by atoms with Gasteiger partial charge in [0.1, 0.15) is 19.0 Å². The Bertz CT molecular complexity index is 738. The number of hydrogen-bond donors (Lipinski definition) is 0. The Morgan fingerprint density at radius 1 is 0.913 bits per heavy atom. The van der Waals surface area contributed by atoms with Gasteiger partial charge in [-0.15, -0.1) is 0 Å². The molecule has 0 spiro atoms. The van der Waals surface area contributed by atoms with Crippen molar-refractivity contribution in [2.75, 3.05) is 0 Å². The second kappa shape index (κ2) is 7.26. The van der Waals surface area contributed by atoms with Gasteiger partial charge in [-0.05, 0) is 29.3 Å². The van der Waals surface area contributed by atoms with Gasteiger partial charge in [0, 0.05) is 12.4 Å². The highest BCUT2D eigenvalue weighted by Gasteiger charge is 2.06. The third-order valence-electron chi connectivity index (χ3n) is 3.23. The van der Waals surface area contributed by atoms with Crippen molar-refractivity contribution in [3.05, 3.63) is 84.2 Å². The number of aromatic nitrogens is 2. The maximum atomic E-state index is 11.7. The predicted molar refractivity (Wildman–Crippen MR) is 85.0 cm³/mol. The second-order valence-corrected chi connectivity index (χ2v) is 4.92. The molecule has 0 aliphatic heterocycles. The summed E-state index contributed by atoms with van der Waals surface area (Å²) >= 11 is 0. The first-order valence-corrected chi connectivity index (χ1v) is 7.24. The molecule has 23 heavy (non-hydrogen) atoms. The van der Waals surface area contributed by atoms with Gasteiger partial charge in [0.2, 0.25) is 0 Å². The molecule has 5 heteroatoms. The van der Waals surface area contributed by atoms with Crippen molar-refractivity contribution >= 4 is 6.09 Å². The zero-order chi connectivity index (χ0) is 15.9. The first-order chi connectivity index (χ1) is 11.3. The maximum absolute atomic E-state index is 11.7. The van der Waals surface area contributed by atoms with E-state index in [1.807, 2.05) is 54.6 Å². The molecule has 0 radical (unpaired) electrons. The number of carbonyl (C=O) groups excluding carboxylic acids is 1. The van der Waals surface area contributed by atoms with Crippen LogP contribution >= 0.6 is 0 Å². The molecule has 0 bridgehead atoms. The number of rotatable bonds is 5. The molecule has 5 nitrogen and oxygen atoms in total. The highest BCUT2D eigenvalue weighted by atomic mass is 16.6. The third kappa shape index (κ3) is 4.20. The molecule has 116 valence electrons. The molecule has 0 aliphatic carbocycles. The van der Waals surface area contributed by atoms with Crippen LogP contribution in [0.3, 0.4) is 0 Å². The monoisotopic (exact) mass is 308 g/mol. The summed E-state index contributed by atoms with van der Waals surface area (Å²) in [5.74, 6) is 0.774. The van der Waals surface area contributed by atoms with Crippen LogP contribution in [0.25, 0.3) is 0 Å². The van der Waals surface area contributed by atoms with E-state index in [-0.39, 0.29) is 6.61 Å². The van der Waals surface area contributed by atoms with E-state index in [1.54, 1.807) is 12.3 Å². The normalized spacial score (nSPS) is 10.3. The minimum absolute atomic E-state index is 0.192. The molecule has 0 aliphatic rings. The van der Waals surface area contributed by atoms with Gasteiger partial charge in [0.25, 0.3) is 0 Å². The van der Waals surface area contributed by atoms with Gasteiger partial charge >= 0.3 is 6.09 Å². The Morgan fingerprint density at radius 3 is 2.35 bits per heavy atom. The third-order valence-corrected chi connectivity index (χ3v) is 3.23. The average Bonchev–Trinajstić information content (AvgIpc) is 3.14. The Balaban J connectivity index is 1.50. The van der Waals surface area contributed by atoms with Crippen LogP contribution in [0, 0.1) is 0 Å². The van der Waals surface area contributed by atoms with Crippen LogP contribution in [0.1, 0.15) is 11.1 Å². The zero-order valence-electron chi connectivity index (χ0n) is 12.5. The largest absolute Gasteiger partial charge is 0.489 e. The standard InChI is InChI=1S/C18H16N2O3/c21-18(20-12-4-11-19-20)23-14-16-7-9-17(10-8-16)22-13-15-5-2-1-3-6-15/h1-12H,13-14H2. The van der Waals surface area contributed by atoms with Gasteiger partial charge in [-0.1, -0.05) is 42.5 Å². The number of hydrogen-bond acceptors (Lipinski definition) is 4. The molecule has 3 aromatic rings. The van der Waals surface area contributed by atoms with Gasteiger partial charge in [-0.3, -0.25) is 0 Å². The van der Waals surface area contributed by atoms with Crippen molar-refractivity contribution in [2.45, 2.75) is 13.2 Å². The van der Waals surface area contributed by atoms with Gasteiger partial charge in [0.15, 0.2) is 0 Å². The van der Waals surface area contributed by atoms with E-state index in [1.165, 1.54) is 6.20 Å². The minimum Gasteiger partial charge on any atom is -0.489 e. The molecule has 3 rings (SSSR count). The van der Waals surface area contributed by atoms with E-state index in [4.69, 9.17) is 9.47 Å². The van der Waals surface area contributed by atoms with Crippen LogP contribution in [0.15, 0.2) is 73.1 Å². The molecular formula is C18H16N2O3. The SMILES string of the molecule is O=C(OCc1ccc(OCc2ccccc2)cc1)n1cccn1. The van der Waals surface area contributed by atoms with Gasteiger partial charge in [-0.25, -0.2) is 4.79 Å². The van der Waals surface area contributed by atoms with Crippen LogP contribution in [-0.2, 0) is 18.0 Å². The summed E-state index contributed by atoms with van der Waals surface area (Å²) in [4.78, 5) is 11.7. The van der Waals surface area contributed by atoms with E-state index < -0.39 is 6.09 Å². The molecule has 0 fully saturated rings. The van der Waals surface area contributed by atoms with Crippen molar-refractivity contribution in [3.63, 3.8) is 0 Å². The van der Waals surface area contributed by atoms with E-state index in [2.05, 4.69) is 5.10 Å². The second-order valence-electron chi connectivity index (χ2n) is 4.92. The smallest absolute Gasteiger partial charge is 0.434 e. The first kappa shape index (κ1) is 14.8. The molecule has 2 aromatic carbocycles. The maximum Gasteiger partial charge on any atom is 0.434 e. The van der Waals surface area contributed by atoms with Gasteiger partial charge in [-0.2, -0.15) is 9.78 Å². The van der Waals surface area contributed by atoms with Crippen molar-refractivity contribution < 1.29 is 14.3 Å². The van der Waals surface area contributed by atoms with Crippen molar-refractivity contribution in [2.24, 2.45) is 0 Å². The Morgan fingerprint density at radius 2 is 1.65 bits per heavy atom. The lowest BCUT2D eigenvalue weighted by molar-refractivity contribution is 0.138. The van der Waals surface area contributed by atoms with E-state index in [0.29, 0.717) is 6.61 Å². The van der Waals surface area contributed by atoms with Crippen molar-refractivity contribution in [1.29, 1.82) is 0 Å². The lowest BCUT2D eigenvalue weighted by Gasteiger charge is -2.08. The lowest BCUT2D eigenvalue weighted by atomic mass is 10.2. The van der Waals surface area contributed by atoms with Crippen LogP contribution in [0.5, 0.6) is 5.75 Å². The number of carbonyl (C=O) groups is 1. The van der Waals surface area contributed by atoms with E-state index >= 15 is 0 Å². The fourth-order valence-electron chi connectivity index (χ4n) is 2.01. The molecule has 0 unspecified atom stereocenters. The molecular weight excluding hydrogens is 292 g/mol. The Labute approximate surface area is 134 Å². The Kier molecular flexibility index (Phi) is 4.69. The lowest BCUT2D eigenvalue weighted by Crippen LogP contribution is -2.13. The van der Waals surface area contributed by atoms with Crippen LogP contribution in [0.2, 0.25) is 0 Å². The summed E-state index contributed by atoms with van der Waals surface area (Å²) < 4.78 is 12.0. The van der Waals surface area contributed by atoms with Gasteiger partial charge in [0.05, 0.1) is 0 Å². The topological polar surface area (TPSA) is 53.4 Å². The number of nitrogens with zero attached hydrogens (tertiary/aromatic N) is 2. The zero-order valence-corrected chi connectivity index (χ0v) is 12.5.